The van der Waals surface area contributed by atoms with Crippen molar-refractivity contribution in [2.45, 2.75) is 25.6 Å². The van der Waals surface area contributed by atoms with Crippen LogP contribution in [-0.2, 0) is 13.0 Å². The molecule has 16 heavy (non-hydrogen) atoms. The van der Waals surface area contributed by atoms with Crippen LogP contribution in [0.15, 0.2) is 6.20 Å². The molecular weight excluding hydrogens is 225 g/mol. The van der Waals surface area contributed by atoms with Gasteiger partial charge in [0.05, 0.1) is 12.1 Å². The summed E-state index contributed by atoms with van der Waals surface area (Å²) in [6, 6.07) is 0. The Hall–Kier alpha value is -1.53. The van der Waals surface area contributed by atoms with Crippen molar-refractivity contribution in [1.82, 2.24) is 9.55 Å². The number of imidazole rings is 1. The first kappa shape index (κ1) is 11.0. The highest BCUT2D eigenvalue weighted by atomic mass is 19.4. The summed E-state index contributed by atoms with van der Waals surface area (Å²) >= 11 is 0. The Morgan fingerprint density at radius 3 is 2.81 bits per heavy atom. The van der Waals surface area contributed by atoms with Gasteiger partial charge < -0.3 is 9.67 Å². The lowest BCUT2D eigenvalue weighted by atomic mass is 9.97. The van der Waals surface area contributed by atoms with Gasteiger partial charge in [0.1, 0.15) is 11.5 Å². The lowest BCUT2D eigenvalue weighted by Gasteiger charge is -2.25. The van der Waals surface area contributed by atoms with Crippen LogP contribution in [0.1, 0.15) is 22.7 Å². The van der Waals surface area contributed by atoms with Crippen LogP contribution in [0.4, 0.5) is 13.2 Å². The molecule has 0 aliphatic carbocycles. The van der Waals surface area contributed by atoms with E-state index in [4.69, 9.17) is 5.11 Å². The number of carboxylic acid groups (broad SMARTS) is 1. The minimum atomic E-state index is -4.24. The van der Waals surface area contributed by atoms with E-state index in [0.29, 0.717) is 0 Å². The van der Waals surface area contributed by atoms with Gasteiger partial charge >= 0.3 is 12.1 Å². The van der Waals surface area contributed by atoms with Crippen LogP contribution in [0.5, 0.6) is 0 Å². The van der Waals surface area contributed by atoms with Crippen molar-refractivity contribution in [2.75, 3.05) is 0 Å². The Labute approximate surface area is 88.7 Å². The van der Waals surface area contributed by atoms with E-state index in [1.54, 1.807) is 0 Å². The lowest BCUT2D eigenvalue weighted by molar-refractivity contribution is -0.179. The Kier molecular flexibility index (Phi) is 2.40. The molecule has 0 saturated heterocycles. The predicted molar refractivity (Wildman–Crippen MR) is 47.1 cm³/mol. The van der Waals surface area contributed by atoms with E-state index < -0.39 is 18.1 Å². The fourth-order valence-electron chi connectivity index (χ4n) is 1.88. The molecule has 1 unspecified atom stereocenters. The summed E-state index contributed by atoms with van der Waals surface area (Å²) in [4.78, 5) is 14.5. The molecule has 1 aliphatic rings. The molecule has 1 atom stereocenters. The molecule has 2 rings (SSSR count). The number of rotatable bonds is 1. The lowest BCUT2D eigenvalue weighted by Crippen LogP contribution is -2.32. The molecule has 88 valence electrons. The molecule has 0 bridgehead atoms. The molecule has 0 radical (unpaired) electrons. The molecule has 4 nitrogen and oxygen atoms in total. The van der Waals surface area contributed by atoms with Crippen LogP contribution < -0.4 is 0 Å². The van der Waals surface area contributed by atoms with Gasteiger partial charge in [-0.05, 0) is 6.42 Å². The molecule has 1 aromatic rings. The summed E-state index contributed by atoms with van der Waals surface area (Å²) in [5.74, 6) is -2.38. The molecule has 0 fully saturated rings. The highest BCUT2D eigenvalue weighted by molar-refractivity contribution is 5.85. The number of hydrogen-bond acceptors (Lipinski definition) is 2. The summed E-state index contributed by atoms with van der Waals surface area (Å²) in [5.41, 5.74) is -0.0457. The van der Waals surface area contributed by atoms with Gasteiger partial charge in [-0.3, -0.25) is 0 Å². The summed E-state index contributed by atoms with van der Waals surface area (Å²) in [7, 11) is 0. The Bertz CT molecular complexity index is 425. The van der Waals surface area contributed by atoms with Gasteiger partial charge in [-0.25, -0.2) is 9.78 Å². The predicted octanol–water partition coefficient (Wildman–Crippen LogP) is 1.71. The number of fused-ring (bicyclic) bond motifs is 1. The highest BCUT2D eigenvalue weighted by Gasteiger charge is 2.42. The molecule has 1 aliphatic heterocycles. The number of hydrogen-bond donors (Lipinski definition) is 1. The molecule has 1 aromatic heterocycles. The van der Waals surface area contributed by atoms with Gasteiger partial charge in [0.15, 0.2) is 0 Å². The van der Waals surface area contributed by atoms with Crippen molar-refractivity contribution in [3.8, 4) is 0 Å². The van der Waals surface area contributed by atoms with Crippen molar-refractivity contribution in [2.24, 2.45) is 5.92 Å². The second kappa shape index (κ2) is 3.50. The Morgan fingerprint density at radius 1 is 1.56 bits per heavy atom. The zero-order valence-corrected chi connectivity index (χ0v) is 8.16. The van der Waals surface area contributed by atoms with Gasteiger partial charge in [0.2, 0.25) is 0 Å². The maximum absolute atomic E-state index is 12.4. The van der Waals surface area contributed by atoms with Crippen LogP contribution in [0, 0.1) is 5.92 Å². The minimum Gasteiger partial charge on any atom is -0.477 e. The standard InChI is InChI=1S/C9H9F3N2O2/c10-9(11,12)5-1-2-14-6(8(15)16)4-13-7(14)3-5/h4-5H,1-3H2,(H,15,16). The quantitative estimate of drug-likeness (QED) is 0.804. The number of carbonyl (C=O) groups is 1. The molecule has 7 heteroatoms. The molecule has 0 saturated carbocycles. The topological polar surface area (TPSA) is 55.1 Å². The van der Waals surface area contributed by atoms with Gasteiger partial charge in [0.25, 0.3) is 0 Å². The fraction of sp³-hybridized carbons (Fsp3) is 0.556. The van der Waals surface area contributed by atoms with Crippen LogP contribution >= 0.6 is 0 Å². The van der Waals surface area contributed by atoms with Gasteiger partial charge in [-0.15, -0.1) is 0 Å². The van der Waals surface area contributed by atoms with Crippen molar-refractivity contribution < 1.29 is 23.1 Å². The molecule has 2 heterocycles. The van der Waals surface area contributed by atoms with Crippen LogP contribution in [-0.4, -0.2) is 26.8 Å². The second-order valence-corrected chi connectivity index (χ2v) is 3.75. The summed E-state index contributed by atoms with van der Waals surface area (Å²) in [6.45, 7) is 0.0567. The van der Waals surface area contributed by atoms with E-state index in [1.807, 2.05) is 0 Å². The van der Waals surface area contributed by atoms with E-state index >= 15 is 0 Å². The first-order valence-corrected chi connectivity index (χ1v) is 4.74. The third-order valence-corrected chi connectivity index (χ3v) is 2.75. The van der Waals surface area contributed by atoms with Crippen molar-refractivity contribution in [3.63, 3.8) is 0 Å². The maximum Gasteiger partial charge on any atom is 0.392 e. The number of halogens is 3. The highest BCUT2D eigenvalue weighted by Crippen LogP contribution is 2.34. The average Bonchev–Trinajstić information content (AvgIpc) is 2.58. The first-order valence-electron chi connectivity index (χ1n) is 4.74. The van der Waals surface area contributed by atoms with E-state index in [9.17, 15) is 18.0 Å². The number of alkyl halides is 3. The fourth-order valence-corrected chi connectivity index (χ4v) is 1.88. The average molecular weight is 234 g/mol. The summed E-state index contributed by atoms with van der Waals surface area (Å²) in [5, 5.41) is 8.77. The van der Waals surface area contributed by atoms with Crippen molar-refractivity contribution in [1.29, 1.82) is 0 Å². The molecule has 0 aromatic carbocycles. The SMILES string of the molecule is O=C(O)c1cnc2n1CCC(C(F)(F)F)C2. The molecule has 1 N–H and O–H groups in total. The Morgan fingerprint density at radius 2 is 2.25 bits per heavy atom. The van der Waals surface area contributed by atoms with E-state index in [1.165, 1.54) is 4.57 Å². The van der Waals surface area contributed by atoms with Crippen LogP contribution in [0.25, 0.3) is 0 Å². The Balaban J connectivity index is 2.27. The largest absolute Gasteiger partial charge is 0.477 e. The normalized spacial score (nSPS) is 20.6. The maximum atomic E-state index is 12.4. The summed E-state index contributed by atoms with van der Waals surface area (Å²) in [6.07, 6.45) is -3.46. The molecular formula is C9H9F3N2O2. The third kappa shape index (κ3) is 1.77. The monoisotopic (exact) mass is 234 g/mol. The number of nitrogens with zero attached hydrogens (tertiary/aromatic N) is 2. The van der Waals surface area contributed by atoms with Crippen LogP contribution in [0.3, 0.4) is 0 Å². The minimum absolute atomic E-state index is 0.0457. The van der Waals surface area contributed by atoms with E-state index in [-0.39, 0.29) is 30.9 Å². The second-order valence-electron chi connectivity index (χ2n) is 3.75. The van der Waals surface area contributed by atoms with Gasteiger partial charge in [-0.2, -0.15) is 13.2 Å². The zero-order chi connectivity index (χ0) is 11.9. The van der Waals surface area contributed by atoms with Crippen molar-refractivity contribution in [3.05, 3.63) is 17.7 Å². The first-order chi connectivity index (χ1) is 7.39. The molecule has 0 amide bonds. The number of carboxylic acids is 1. The van der Waals surface area contributed by atoms with Gasteiger partial charge in [0, 0.05) is 13.0 Å². The van der Waals surface area contributed by atoms with E-state index in [2.05, 4.69) is 4.98 Å². The third-order valence-electron chi connectivity index (χ3n) is 2.75. The molecule has 0 spiro atoms. The van der Waals surface area contributed by atoms with Crippen molar-refractivity contribution >= 4 is 5.97 Å². The zero-order valence-electron chi connectivity index (χ0n) is 8.16. The summed E-state index contributed by atoms with van der Waals surface area (Å²) < 4.78 is 38.7. The smallest absolute Gasteiger partial charge is 0.392 e. The van der Waals surface area contributed by atoms with E-state index in [0.717, 1.165) is 6.20 Å². The number of aromatic carboxylic acids is 1. The van der Waals surface area contributed by atoms with Crippen LogP contribution in [0.2, 0.25) is 0 Å². The van der Waals surface area contributed by atoms with Gasteiger partial charge in [-0.1, -0.05) is 0 Å². The number of aromatic nitrogens is 2.